The van der Waals surface area contributed by atoms with Gasteiger partial charge in [-0.3, -0.25) is 4.57 Å². The summed E-state index contributed by atoms with van der Waals surface area (Å²) in [6.45, 7) is 1.29. The molecule has 0 bridgehead atoms. The smallest absolute Gasteiger partial charge is 0.332 e. The molecule has 0 aliphatic heterocycles. The van der Waals surface area contributed by atoms with Crippen molar-refractivity contribution in [2.45, 2.75) is 13.3 Å². The number of rotatable bonds is 4. The summed E-state index contributed by atoms with van der Waals surface area (Å²) in [5.41, 5.74) is 0.179. The van der Waals surface area contributed by atoms with Gasteiger partial charge in [0.2, 0.25) is 0 Å². The maximum absolute atomic E-state index is 11.3. The molecule has 1 rings (SSSR count). The topological polar surface area (TPSA) is 95.3 Å². The van der Waals surface area contributed by atoms with Crippen LogP contribution >= 0.6 is 0 Å². The highest BCUT2D eigenvalue weighted by atomic mass is 16.4. The fourth-order valence-corrected chi connectivity index (χ4v) is 1.11. The van der Waals surface area contributed by atoms with Crippen LogP contribution in [0.5, 0.6) is 0 Å². The minimum atomic E-state index is -1.09. The Kier molecular flexibility index (Phi) is 3.46. The Morgan fingerprint density at radius 2 is 2.33 bits per heavy atom. The van der Waals surface area contributed by atoms with Crippen LogP contribution in [0, 0.1) is 0 Å². The summed E-state index contributed by atoms with van der Waals surface area (Å²) >= 11 is 0. The molecular weight excluding hydrogens is 200 g/mol. The van der Waals surface area contributed by atoms with Gasteiger partial charge in [0.25, 0.3) is 0 Å². The first-order valence-corrected chi connectivity index (χ1v) is 4.37. The number of aromatic amines is 1. The van der Waals surface area contributed by atoms with Gasteiger partial charge in [-0.2, -0.15) is 0 Å². The van der Waals surface area contributed by atoms with Crippen LogP contribution < -0.4 is 5.69 Å². The van der Waals surface area contributed by atoms with E-state index in [1.54, 1.807) is 0 Å². The predicted molar refractivity (Wildman–Crippen MR) is 53.4 cm³/mol. The quantitative estimate of drug-likeness (QED) is 0.595. The number of aliphatic carboxylic acids is 1. The summed E-state index contributed by atoms with van der Waals surface area (Å²) in [6, 6.07) is 0. The van der Waals surface area contributed by atoms with Gasteiger partial charge in [0.15, 0.2) is 0 Å². The highest BCUT2D eigenvalue weighted by Gasteiger charge is 2.06. The molecular formula is C9H12N2O4. The summed E-state index contributed by atoms with van der Waals surface area (Å²) in [5, 5.41) is 17.4. The molecule has 0 aromatic carbocycles. The second kappa shape index (κ2) is 4.61. The molecule has 0 aliphatic carbocycles. The minimum Gasteiger partial charge on any atom is -0.478 e. The Hall–Kier alpha value is -1.82. The molecule has 0 radical (unpaired) electrons. The van der Waals surface area contributed by atoms with Gasteiger partial charge in [-0.05, 0) is 6.92 Å². The zero-order chi connectivity index (χ0) is 11.4. The highest BCUT2D eigenvalue weighted by Crippen LogP contribution is 2.01. The van der Waals surface area contributed by atoms with Crippen molar-refractivity contribution in [3.8, 4) is 0 Å². The van der Waals surface area contributed by atoms with Crippen molar-refractivity contribution in [3.63, 3.8) is 0 Å². The van der Waals surface area contributed by atoms with Crippen molar-refractivity contribution in [2.75, 3.05) is 6.61 Å². The molecule has 0 atom stereocenters. The van der Waals surface area contributed by atoms with Gasteiger partial charge in [-0.25, -0.2) is 9.59 Å². The first kappa shape index (κ1) is 11.3. The Morgan fingerprint density at radius 1 is 1.67 bits per heavy atom. The number of imidazole rings is 1. The number of carboxylic acid groups (broad SMARTS) is 1. The third kappa shape index (κ3) is 2.57. The van der Waals surface area contributed by atoms with Crippen LogP contribution in [-0.4, -0.2) is 32.3 Å². The number of aromatic nitrogens is 2. The Labute approximate surface area is 85.5 Å². The molecule has 6 nitrogen and oxygen atoms in total. The predicted octanol–water partition coefficient (Wildman–Crippen LogP) is -0.343. The largest absolute Gasteiger partial charge is 0.478 e. The van der Waals surface area contributed by atoms with Crippen molar-refractivity contribution in [3.05, 3.63) is 27.9 Å². The number of aliphatic hydroxyl groups is 1. The van der Waals surface area contributed by atoms with E-state index in [0.29, 0.717) is 12.1 Å². The molecule has 1 aromatic rings. The van der Waals surface area contributed by atoms with Gasteiger partial charge in [0, 0.05) is 31.1 Å². The number of H-pyrrole nitrogens is 1. The van der Waals surface area contributed by atoms with E-state index >= 15 is 0 Å². The van der Waals surface area contributed by atoms with Crippen LogP contribution in [0.2, 0.25) is 0 Å². The van der Waals surface area contributed by atoms with E-state index in [0.717, 1.165) is 0 Å². The lowest BCUT2D eigenvalue weighted by atomic mass is 10.3. The monoisotopic (exact) mass is 212 g/mol. The molecule has 0 fully saturated rings. The summed E-state index contributed by atoms with van der Waals surface area (Å²) in [7, 11) is 0. The van der Waals surface area contributed by atoms with Crippen LogP contribution in [0.1, 0.15) is 12.6 Å². The summed E-state index contributed by atoms with van der Waals surface area (Å²) < 4.78 is 1.18. The van der Waals surface area contributed by atoms with Gasteiger partial charge in [0.05, 0.1) is 5.57 Å². The van der Waals surface area contributed by atoms with Crippen molar-refractivity contribution in [1.29, 1.82) is 0 Å². The van der Waals surface area contributed by atoms with Gasteiger partial charge in [0.1, 0.15) is 0 Å². The average molecular weight is 212 g/mol. The number of hydrogen-bond acceptors (Lipinski definition) is 3. The van der Waals surface area contributed by atoms with Gasteiger partial charge in [-0.15, -0.1) is 0 Å². The first-order chi connectivity index (χ1) is 7.06. The van der Waals surface area contributed by atoms with Gasteiger partial charge in [-0.1, -0.05) is 0 Å². The highest BCUT2D eigenvalue weighted by molar-refractivity contribution is 5.89. The molecule has 0 amide bonds. The van der Waals surface area contributed by atoms with Crippen LogP contribution in [-0.2, 0) is 11.2 Å². The van der Waals surface area contributed by atoms with Crippen LogP contribution in [0.4, 0.5) is 0 Å². The number of hydrogen-bond donors (Lipinski definition) is 3. The molecule has 15 heavy (non-hydrogen) atoms. The molecule has 1 heterocycles. The van der Waals surface area contributed by atoms with E-state index in [1.807, 2.05) is 0 Å². The summed E-state index contributed by atoms with van der Waals surface area (Å²) in [4.78, 5) is 24.2. The Bertz CT molecular complexity index is 441. The van der Waals surface area contributed by atoms with Crippen molar-refractivity contribution in [1.82, 2.24) is 9.55 Å². The maximum Gasteiger partial charge on any atom is 0.332 e. The SMILES string of the molecule is CC(=Cn1c(CCO)c[nH]c1=O)C(=O)O. The number of carboxylic acids is 1. The Balaban J connectivity index is 3.13. The van der Waals surface area contributed by atoms with E-state index in [4.69, 9.17) is 10.2 Å². The van der Waals surface area contributed by atoms with Gasteiger partial charge < -0.3 is 15.2 Å². The molecule has 6 heteroatoms. The maximum atomic E-state index is 11.3. The molecule has 0 aliphatic rings. The lowest BCUT2D eigenvalue weighted by molar-refractivity contribution is -0.132. The lowest BCUT2D eigenvalue weighted by Crippen LogP contribution is -2.15. The minimum absolute atomic E-state index is 0.0517. The second-order valence-electron chi connectivity index (χ2n) is 3.05. The van der Waals surface area contributed by atoms with E-state index in [-0.39, 0.29) is 12.2 Å². The molecule has 0 unspecified atom stereocenters. The number of nitrogens with one attached hydrogen (secondary N) is 1. The Morgan fingerprint density at radius 3 is 2.87 bits per heavy atom. The number of carbonyl (C=O) groups is 1. The third-order valence-electron chi connectivity index (χ3n) is 1.92. The summed E-state index contributed by atoms with van der Waals surface area (Å²) in [6.07, 6.45) is 2.97. The summed E-state index contributed by atoms with van der Waals surface area (Å²) in [5.74, 6) is -1.09. The molecule has 0 spiro atoms. The normalized spacial score (nSPS) is 11.7. The molecule has 0 saturated heterocycles. The molecule has 3 N–H and O–H groups in total. The van der Waals surface area contributed by atoms with E-state index in [2.05, 4.69) is 4.98 Å². The fraction of sp³-hybridized carbons (Fsp3) is 0.333. The van der Waals surface area contributed by atoms with Crippen LogP contribution in [0.25, 0.3) is 6.20 Å². The zero-order valence-corrected chi connectivity index (χ0v) is 8.23. The second-order valence-corrected chi connectivity index (χ2v) is 3.05. The molecule has 82 valence electrons. The fourth-order valence-electron chi connectivity index (χ4n) is 1.11. The average Bonchev–Trinajstić information content (AvgIpc) is 2.50. The third-order valence-corrected chi connectivity index (χ3v) is 1.92. The molecule has 1 aromatic heterocycles. The number of aliphatic hydroxyl groups excluding tert-OH is 1. The van der Waals surface area contributed by atoms with Crippen molar-refractivity contribution < 1.29 is 15.0 Å². The van der Waals surface area contributed by atoms with E-state index < -0.39 is 11.7 Å². The van der Waals surface area contributed by atoms with Gasteiger partial charge >= 0.3 is 11.7 Å². The molecule has 0 saturated carbocycles. The lowest BCUT2D eigenvalue weighted by Gasteiger charge is -2.00. The zero-order valence-electron chi connectivity index (χ0n) is 8.23. The van der Waals surface area contributed by atoms with E-state index in [1.165, 1.54) is 23.9 Å². The van der Waals surface area contributed by atoms with Crippen molar-refractivity contribution >= 4 is 12.2 Å². The standard InChI is InChI=1S/C9H12N2O4/c1-6(8(13)14)5-11-7(2-3-12)4-10-9(11)15/h4-5,12H,2-3H2,1H3,(H,10,15)(H,13,14). The van der Waals surface area contributed by atoms with E-state index in [9.17, 15) is 9.59 Å². The first-order valence-electron chi connectivity index (χ1n) is 4.37. The van der Waals surface area contributed by atoms with Crippen LogP contribution in [0.15, 0.2) is 16.6 Å². The van der Waals surface area contributed by atoms with Crippen molar-refractivity contribution in [2.24, 2.45) is 0 Å². The van der Waals surface area contributed by atoms with Crippen LogP contribution in [0.3, 0.4) is 0 Å². The number of nitrogens with zero attached hydrogens (tertiary/aromatic N) is 1.